The number of nitrogens with zero attached hydrogens (tertiary/aromatic N) is 3. The lowest BCUT2D eigenvalue weighted by Gasteiger charge is -2.36. The van der Waals surface area contributed by atoms with Crippen molar-refractivity contribution in [1.29, 1.82) is 0 Å². The summed E-state index contributed by atoms with van der Waals surface area (Å²) in [6.07, 6.45) is 3.52. The molecule has 0 bridgehead atoms. The standard InChI is InChI=1S/C17H25N3O2S/c21-23(22)13-1-8-20(23)14-15-2-4-16(5-3-15)18-9-11-19(12-10-18)17-6-7-17/h2-5,17H,1,6-14H2. The molecule has 0 aromatic heterocycles. The third-order valence-electron chi connectivity index (χ3n) is 5.24. The maximum atomic E-state index is 11.9. The minimum atomic E-state index is -3.01. The lowest BCUT2D eigenvalue weighted by atomic mass is 10.1. The largest absolute Gasteiger partial charge is 0.369 e. The first-order valence-electron chi connectivity index (χ1n) is 8.68. The normalized spacial score (nSPS) is 25.8. The van der Waals surface area contributed by atoms with Gasteiger partial charge in [0.15, 0.2) is 0 Å². The third-order valence-corrected chi connectivity index (χ3v) is 7.14. The highest BCUT2D eigenvalue weighted by atomic mass is 32.2. The number of benzene rings is 1. The van der Waals surface area contributed by atoms with E-state index in [9.17, 15) is 8.42 Å². The highest BCUT2D eigenvalue weighted by molar-refractivity contribution is 7.89. The Bertz CT molecular complexity index is 647. The molecule has 2 heterocycles. The fourth-order valence-corrected chi connectivity index (χ4v) is 5.17. The first-order chi connectivity index (χ1) is 11.1. The quantitative estimate of drug-likeness (QED) is 0.837. The zero-order valence-corrected chi connectivity index (χ0v) is 14.3. The highest BCUT2D eigenvalue weighted by Crippen LogP contribution is 2.28. The van der Waals surface area contributed by atoms with Crippen molar-refractivity contribution in [3.05, 3.63) is 29.8 Å². The maximum absolute atomic E-state index is 11.9. The van der Waals surface area contributed by atoms with Gasteiger partial charge in [-0.3, -0.25) is 4.90 Å². The Balaban J connectivity index is 1.36. The SMILES string of the molecule is O=S1(=O)CCCN1Cc1ccc(N2CCN(C3CC3)CC2)cc1. The lowest BCUT2D eigenvalue weighted by molar-refractivity contribution is 0.248. The van der Waals surface area contributed by atoms with Crippen LogP contribution in [0.3, 0.4) is 0 Å². The number of rotatable bonds is 4. The molecular weight excluding hydrogens is 310 g/mol. The molecule has 1 aromatic rings. The van der Waals surface area contributed by atoms with Gasteiger partial charge in [-0.05, 0) is 37.0 Å². The monoisotopic (exact) mass is 335 g/mol. The molecule has 3 aliphatic rings. The molecule has 4 rings (SSSR count). The zero-order chi connectivity index (χ0) is 15.9. The number of hydrogen-bond acceptors (Lipinski definition) is 4. The second-order valence-corrected chi connectivity index (χ2v) is 9.01. The van der Waals surface area contributed by atoms with Crippen molar-refractivity contribution in [3.63, 3.8) is 0 Å². The average molecular weight is 335 g/mol. The molecule has 126 valence electrons. The molecule has 3 fully saturated rings. The van der Waals surface area contributed by atoms with E-state index in [4.69, 9.17) is 0 Å². The van der Waals surface area contributed by atoms with Crippen LogP contribution in [0.25, 0.3) is 0 Å². The number of hydrogen-bond donors (Lipinski definition) is 0. The number of anilines is 1. The van der Waals surface area contributed by atoms with E-state index in [2.05, 4.69) is 34.1 Å². The zero-order valence-electron chi connectivity index (χ0n) is 13.5. The average Bonchev–Trinajstić information content (AvgIpc) is 3.35. The Morgan fingerprint density at radius 2 is 1.65 bits per heavy atom. The molecule has 1 aromatic carbocycles. The van der Waals surface area contributed by atoms with E-state index >= 15 is 0 Å². The van der Waals surface area contributed by atoms with Crippen LogP contribution < -0.4 is 4.90 Å². The smallest absolute Gasteiger partial charge is 0.214 e. The van der Waals surface area contributed by atoms with E-state index in [-0.39, 0.29) is 0 Å². The summed E-state index contributed by atoms with van der Waals surface area (Å²) in [6, 6.07) is 9.31. The van der Waals surface area contributed by atoms with Gasteiger partial charge in [-0.15, -0.1) is 0 Å². The first-order valence-corrected chi connectivity index (χ1v) is 10.3. The summed E-state index contributed by atoms with van der Waals surface area (Å²) in [5.74, 6) is 0.302. The van der Waals surface area contributed by atoms with E-state index in [0.29, 0.717) is 18.8 Å². The van der Waals surface area contributed by atoms with Gasteiger partial charge < -0.3 is 4.90 Å². The molecule has 0 spiro atoms. The predicted octanol–water partition coefficient (Wildman–Crippen LogP) is 1.51. The van der Waals surface area contributed by atoms with E-state index in [1.165, 1.54) is 31.6 Å². The number of sulfonamides is 1. The molecular formula is C17H25N3O2S. The van der Waals surface area contributed by atoms with Crippen LogP contribution in [0, 0.1) is 0 Å². The molecule has 2 aliphatic heterocycles. The molecule has 1 aliphatic carbocycles. The van der Waals surface area contributed by atoms with Crippen LogP contribution >= 0.6 is 0 Å². The van der Waals surface area contributed by atoms with Gasteiger partial charge in [0, 0.05) is 51.0 Å². The van der Waals surface area contributed by atoms with Gasteiger partial charge in [-0.1, -0.05) is 12.1 Å². The predicted molar refractivity (Wildman–Crippen MR) is 92.1 cm³/mol. The van der Waals surface area contributed by atoms with Crippen LogP contribution in [0.15, 0.2) is 24.3 Å². The Labute approximate surface area is 138 Å². The minimum absolute atomic E-state index is 0.302. The van der Waals surface area contributed by atoms with E-state index in [0.717, 1.165) is 31.1 Å². The van der Waals surface area contributed by atoms with E-state index in [1.54, 1.807) is 4.31 Å². The summed E-state index contributed by atoms with van der Waals surface area (Å²) in [6.45, 7) is 5.69. The van der Waals surface area contributed by atoms with Crippen molar-refractivity contribution >= 4 is 15.7 Å². The van der Waals surface area contributed by atoms with Gasteiger partial charge >= 0.3 is 0 Å². The van der Waals surface area contributed by atoms with Crippen molar-refractivity contribution in [1.82, 2.24) is 9.21 Å². The van der Waals surface area contributed by atoms with Crippen molar-refractivity contribution in [2.75, 3.05) is 43.4 Å². The van der Waals surface area contributed by atoms with Crippen LogP contribution in [-0.4, -0.2) is 62.1 Å². The van der Waals surface area contributed by atoms with Crippen molar-refractivity contribution in [2.24, 2.45) is 0 Å². The van der Waals surface area contributed by atoms with Gasteiger partial charge in [0.2, 0.25) is 10.0 Å². The van der Waals surface area contributed by atoms with Gasteiger partial charge in [0.1, 0.15) is 0 Å². The Hall–Kier alpha value is -1.11. The van der Waals surface area contributed by atoms with Gasteiger partial charge in [-0.25, -0.2) is 8.42 Å². The van der Waals surface area contributed by atoms with Gasteiger partial charge in [-0.2, -0.15) is 4.31 Å². The first kappa shape index (κ1) is 15.4. The fraction of sp³-hybridized carbons (Fsp3) is 0.647. The summed E-state index contributed by atoms with van der Waals surface area (Å²) in [4.78, 5) is 5.05. The lowest BCUT2D eigenvalue weighted by Crippen LogP contribution is -2.47. The summed E-state index contributed by atoms with van der Waals surface area (Å²) < 4.78 is 25.4. The summed E-state index contributed by atoms with van der Waals surface area (Å²) >= 11 is 0. The van der Waals surface area contributed by atoms with Crippen LogP contribution in [0.2, 0.25) is 0 Å². The number of piperazine rings is 1. The third kappa shape index (κ3) is 3.39. The van der Waals surface area contributed by atoms with E-state index in [1.807, 2.05) is 0 Å². The summed E-state index contributed by atoms with van der Waals surface area (Å²) in [7, 11) is -3.01. The van der Waals surface area contributed by atoms with Gasteiger partial charge in [0.25, 0.3) is 0 Å². The second kappa shape index (κ2) is 6.07. The van der Waals surface area contributed by atoms with Crippen LogP contribution in [-0.2, 0) is 16.6 Å². The van der Waals surface area contributed by atoms with Crippen LogP contribution in [0.4, 0.5) is 5.69 Å². The molecule has 0 amide bonds. The highest BCUT2D eigenvalue weighted by Gasteiger charge is 2.31. The molecule has 0 atom stereocenters. The summed E-state index contributed by atoms with van der Waals surface area (Å²) in [5.41, 5.74) is 2.34. The fourth-order valence-electron chi connectivity index (χ4n) is 3.67. The molecule has 5 nitrogen and oxygen atoms in total. The molecule has 0 radical (unpaired) electrons. The molecule has 6 heteroatoms. The maximum Gasteiger partial charge on any atom is 0.214 e. The van der Waals surface area contributed by atoms with Crippen LogP contribution in [0.5, 0.6) is 0 Å². The molecule has 0 unspecified atom stereocenters. The van der Waals surface area contributed by atoms with Crippen LogP contribution in [0.1, 0.15) is 24.8 Å². The second-order valence-electron chi connectivity index (χ2n) is 6.92. The molecule has 1 saturated carbocycles. The van der Waals surface area contributed by atoms with Gasteiger partial charge in [0.05, 0.1) is 5.75 Å². The minimum Gasteiger partial charge on any atom is -0.369 e. The van der Waals surface area contributed by atoms with Crippen molar-refractivity contribution in [2.45, 2.75) is 31.8 Å². The van der Waals surface area contributed by atoms with Crippen molar-refractivity contribution in [3.8, 4) is 0 Å². The molecule has 0 N–H and O–H groups in total. The van der Waals surface area contributed by atoms with Crippen molar-refractivity contribution < 1.29 is 8.42 Å². The topological polar surface area (TPSA) is 43.9 Å². The summed E-state index contributed by atoms with van der Waals surface area (Å²) in [5, 5.41) is 0. The Kier molecular flexibility index (Phi) is 4.07. The van der Waals surface area contributed by atoms with E-state index < -0.39 is 10.0 Å². The Morgan fingerprint density at radius 1 is 0.957 bits per heavy atom. The molecule has 23 heavy (non-hydrogen) atoms. The Morgan fingerprint density at radius 3 is 2.22 bits per heavy atom. The molecule has 2 saturated heterocycles.